The van der Waals surface area contributed by atoms with Gasteiger partial charge in [-0.05, 0) is 56.2 Å². The Balaban J connectivity index is 1.84. The first-order valence-corrected chi connectivity index (χ1v) is 6.39. The van der Waals surface area contributed by atoms with Crippen LogP contribution in [-0.4, -0.2) is 12.1 Å². The van der Waals surface area contributed by atoms with Gasteiger partial charge in [0.05, 0.1) is 0 Å². The van der Waals surface area contributed by atoms with Crippen molar-refractivity contribution in [3.05, 3.63) is 35.4 Å². The molecule has 1 aromatic carbocycles. The summed E-state index contributed by atoms with van der Waals surface area (Å²) in [5.41, 5.74) is 0.728. The Bertz CT molecular complexity index is 420. The van der Waals surface area contributed by atoms with Gasteiger partial charge in [0.2, 0.25) is 0 Å². The van der Waals surface area contributed by atoms with E-state index in [-0.39, 0.29) is 5.54 Å². The second-order valence-electron chi connectivity index (χ2n) is 5.37. The number of hydrogen-bond donors (Lipinski definition) is 1. The zero-order valence-electron chi connectivity index (χ0n) is 9.81. The molecule has 92 valence electrons. The van der Waals surface area contributed by atoms with Gasteiger partial charge in [0, 0.05) is 11.6 Å². The Labute approximate surface area is 100 Å². The van der Waals surface area contributed by atoms with Gasteiger partial charge in [-0.15, -0.1) is 0 Å². The molecular weight excluding hydrogens is 220 g/mol. The molecule has 0 spiro atoms. The van der Waals surface area contributed by atoms with Crippen LogP contribution >= 0.6 is 0 Å². The van der Waals surface area contributed by atoms with Gasteiger partial charge in [0.1, 0.15) is 11.6 Å². The van der Waals surface area contributed by atoms with Gasteiger partial charge < -0.3 is 5.32 Å². The van der Waals surface area contributed by atoms with Gasteiger partial charge in [0.25, 0.3) is 0 Å². The molecule has 1 aliphatic carbocycles. The molecule has 2 aliphatic rings. The van der Waals surface area contributed by atoms with Crippen LogP contribution in [0.15, 0.2) is 18.2 Å². The fourth-order valence-electron chi connectivity index (χ4n) is 3.11. The van der Waals surface area contributed by atoms with Crippen molar-refractivity contribution in [3.8, 4) is 0 Å². The van der Waals surface area contributed by atoms with Crippen LogP contribution in [0.2, 0.25) is 0 Å². The molecule has 1 aliphatic heterocycles. The number of benzene rings is 1. The minimum absolute atomic E-state index is 0.0820. The Morgan fingerprint density at radius 1 is 1.29 bits per heavy atom. The molecule has 1 atom stereocenters. The molecule has 17 heavy (non-hydrogen) atoms. The van der Waals surface area contributed by atoms with Crippen molar-refractivity contribution >= 4 is 0 Å². The van der Waals surface area contributed by atoms with Crippen LogP contribution < -0.4 is 5.32 Å². The Morgan fingerprint density at radius 2 is 2.12 bits per heavy atom. The first kappa shape index (κ1) is 11.1. The lowest BCUT2D eigenvalue weighted by atomic mass is 9.84. The number of rotatable bonds is 3. The molecule has 1 unspecified atom stereocenters. The summed E-state index contributed by atoms with van der Waals surface area (Å²) >= 11 is 0. The fraction of sp³-hybridized carbons (Fsp3) is 0.571. The maximum absolute atomic E-state index is 13.7. The first-order chi connectivity index (χ1) is 8.20. The summed E-state index contributed by atoms with van der Waals surface area (Å²) in [6.07, 6.45) is 5.48. The average molecular weight is 237 g/mol. The van der Waals surface area contributed by atoms with Crippen molar-refractivity contribution < 1.29 is 8.78 Å². The Kier molecular flexibility index (Phi) is 2.66. The number of hydrogen-bond acceptors (Lipinski definition) is 1. The van der Waals surface area contributed by atoms with Crippen molar-refractivity contribution in [3.63, 3.8) is 0 Å². The molecule has 1 heterocycles. The Hall–Kier alpha value is -0.960. The van der Waals surface area contributed by atoms with E-state index < -0.39 is 11.6 Å². The topological polar surface area (TPSA) is 12.0 Å². The molecule has 0 bridgehead atoms. The highest BCUT2D eigenvalue weighted by molar-refractivity contribution is 5.23. The van der Waals surface area contributed by atoms with E-state index in [2.05, 4.69) is 5.32 Å². The van der Waals surface area contributed by atoms with Gasteiger partial charge in [-0.2, -0.15) is 0 Å². The van der Waals surface area contributed by atoms with Crippen molar-refractivity contribution in [1.29, 1.82) is 0 Å². The molecule has 3 rings (SSSR count). The normalized spacial score (nSPS) is 28.6. The van der Waals surface area contributed by atoms with E-state index in [4.69, 9.17) is 0 Å². The minimum atomic E-state index is -0.494. The molecule has 3 heteroatoms. The van der Waals surface area contributed by atoms with Crippen molar-refractivity contribution in [2.24, 2.45) is 5.92 Å². The molecule has 0 radical (unpaired) electrons. The maximum Gasteiger partial charge on any atom is 0.129 e. The van der Waals surface area contributed by atoms with Crippen molar-refractivity contribution in [1.82, 2.24) is 5.32 Å². The van der Waals surface area contributed by atoms with Crippen LogP contribution in [0, 0.1) is 17.6 Å². The van der Waals surface area contributed by atoms with E-state index in [1.54, 1.807) is 6.07 Å². The second kappa shape index (κ2) is 4.05. The van der Waals surface area contributed by atoms with Gasteiger partial charge in [-0.3, -0.25) is 0 Å². The summed E-state index contributed by atoms with van der Waals surface area (Å²) in [5.74, 6) is -0.209. The van der Waals surface area contributed by atoms with Gasteiger partial charge in [-0.25, -0.2) is 8.78 Å². The third-order valence-electron chi connectivity index (χ3n) is 4.16. The molecular formula is C14H17F2N. The van der Waals surface area contributed by atoms with Crippen molar-refractivity contribution in [2.45, 2.75) is 37.6 Å². The Morgan fingerprint density at radius 3 is 2.71 bits per heavy atom. The number of nitrogens with one attached hydrogen (secondary N) is 1. The summed E-state index contributed by atoms with van der Waals surface area (Å²) in [6.45, 7) is 1.03. The van der Waals surface area contributed by atoms with Gasteiger partial charge >= 0.3 is 0 Å². The fourth-order valence-corrected chi connectivity index (χ4v) is 3.11. The zero-order chi connectivity index (χ0) is 11.9. The van der Waals surface area contributed by atoms with Gasteiger partial charge in [-0.1, -0.05) is 6.07 Å². The second-order valence-corrected chi connectivity index (χ2v) is 5.37. The molecule has 1 aromatic rings. The SMILES string of the molecule is Fc1ccc(CC2(C3CC3)CCCN2)c(F)c1. The molecule has 1 nitrogen and oxygen atoms in total. The quantitative estimate of drug-likeness (QED) is 0.852. The molecule has 1 N–H and O–H groups in total. The predicted molar refractivity (Wildman–Crippen MR) is 62.8 cm³/mol. The highest BCUT2D eigenvalue weighted by Crippen LogP contribution is 2.46. The molecule has 0 aromatic heterocycles. The molecule has 1 saturated heterocycles. The summed E-state index contributed by atoms with van der Waals surface area (Å²) in [4.78, 5) is 0. The molecule has 2 fully saturated rings. The lowest BCUT2D eigenvalue weighted by Gasteiger charge is -2.30. The van der Waals surface area contributed by atoms with Crippen LogP contribution in [0.1, 0.15) is 31.2 Å². The van der Waals surface area contributed by atoms with Crippen molar-refractivity contribution in [2.75, 3.05) is 6.54 Å². The van der Waals surface area contributed by atoms with E-state index in [1.807, 2.05) is 0 Å². The minimum Gasteiger partial charge on any atom is -0.311 e. The zero-order valence-corrected chi connectivity index (χ0v) is 9.81. The van der Waals surface area contributed by atoms with Gasteiger partial charge in [0.15, 0.2) is 0 Å². The smallest absolute Gasteiger partial charge is 0.129 e. The average Bonchev–Trinajstić information content (AvgIpc) is 3.05. The van der Waals surface area contributed by atoms with E-state index in [9.17, 15) is 8.78 Å². The van der Waals surface area contributed by atoms with Crippen LogP contribution in [0.3, 0.4) is 0 Å². The van der Waals surface area contributed by atoms with E-state index in [0.29, 0.717) is 17.9 Å². The first-order valence-electron chi connectivity index (χ1n) is 6.39. The molecule has 1 saturated carbocycles. The predicted octanol–water partition coefficient (Wildman–Crippen LogP) is 3.04. The third-order valence-corrected chi connectivity index (χ3v) is 4.16. The largest absolute Gasteiger partial charge is 0.311 e. The van der Waals surface area contributed by atoms with Crippen LogP contribution in [0.5, 0.6) is 0 Å². The third kappa shape index (κ3) is 2.08. The van der Waals surface area contributed by atoms with Crippen LogP contribution in [0.4, 0.5) is 8.78 Å². The van der Waals surface area contributed by atoms with E-state index in [1.165, 1.54) is 25.3 Å². The highest BCUT2D eigenvalue weighted by Gasteiger charge is 2.46. The summed E-state index contributed by atoms with van der Waals surface area (Å²) in [7, 11) is 0. The lowest BCUT2D eigenvalue weighted by Crippen LogP contribution is -2.44. The highest BCUT2D eigenvalue weighted by atomic mass is 19.1. The van der Waals surface area contributed by atoms with E-state index >= 15 is 0 Å². The lowest BCUT2D eigenvalue weighted by molar-refractivity contribution is 0.319. The summed E-state index contributed by atoms with van der Waals surface area (Å²) in [5, 5.41) is 3.56. The summed E-state index contributed by atoms with van der Waals surface area (Å²) < 4.78 is 26.6. The maximum atomic E-state index is 13.7. The van der Waals surface area contributed by atoms with E-state index in [0.717, 1.165) is 19.0 Å². The van der Waals surface area contributed by atoms with Crippen LogP contribution in [0.25, 0.3) is 0 Å². The monoisotopic (exact) mass is 237 g/mol. The summed E-state index contributed by atoms with van der Waals surface area (Å²) in [6, 6.07) is 3.94. The standard InChI is InChI=1S/C14H17F2N/c15-12-5-2-10(13(16)8-12)9-14(11-3-4-11)6-1-7-17-14/h2,5,8,11,17H,1,3-4,6-7,9H2. The number of halogens is 2. The van der Waals surface area contributed by atoms with Crippen LogP contribution in [-0.2, 0) is 6.42 Å². The molecule has 0 amide bonds.